The van der Waals surface area contributed by atoms with Crippen LogP contribution in [0.5, 0.6) is 0 Å². The van der Waals surface area contributed by atoms with E-state index in [2.05, 4.69) is 11.9 Å². The monoisotopic (exact) mass is 421 g/mol. The van der Waals surface area contributed by atoms with Crippen LogP contribution in [-0.2, 0) is 4.79 Å². The molecule has 6 nitrogen and oxygen atoms in total. The predicted octanol–water partition coefficient (Wildman–Crippen LogP) is 3.92. The first-order chi connectivity index (χ1) is 14.6. The molecular formula is C23H25N4O2S+. The van der Waals surface area contributed by atoms with Gasteiger partial charge in [0.15, 0.2) is 0 Å². The van der Waals surface area contributed by atoms with Gasteiger partial charge in [-0.25, -0.2) is 4.90 Å². The molecule has 1 aliphatic rings. The summed E-state index contributed by atoms with van der Waals surface area (Å²) in [4.78, 5) is 30.6. The molecule has 0 bridgehead atoms. The van der Waals surface area contributed by atoms with E-state index in [9.17, 15) is 9.59 Å². The van der Waals surface area contributed by atoms with Crippen molar-refractivity contribution in [2.75, 3.05) is 10.7 Å². The highest BCUT2D eigenvalue weighted by Crippen LogP contribution is 2.37. The van der Waals surface area contributed by atoms with Crippen LogP contribution in [-0.4, -0.2) is 21.7 Å². The summed E-state index contributed by atoms with van der Waals surface area (Å²) in [5, 5.41) is 5.36. The molecule has 1 N–H and O–H groups in total. The van der Waals surface area contributed by atoms with Gasteiger partial charge in [0, 0.05) is 23.3 Å². The van der Waals surface area contributed by atoms with Crippen LogP contribution in [0.1, 0.15) is 44.8 Å². The normalized spacial score (nSPS) is 14.9. The average molecular weight is 422 g/mol. The van der Waals surface area contributed by atoms with Crippen LogP contribution < -0.4 is 15.1 Å². The molecule has 0 radical (unpaired) electrons. The molecule has 0 unspecified atom stereocenters. The zero-order valence-corrected chi connectivity index (χ0v) is 18.0. The molecule has 0 aliphatic carbocycles. The molecule has 2 aromatic carbocycles. The molecule has 0 fully saturated rings. The Hall–Kier alpha value is -2.93. The molecule has 3 aromatic rings. The standard InChI is InChI=1S/C23H24N4O2S/c1-3-4-10-15-30-23-24-21(29)20-18-13-8-9-14-19(18)26(16(2)28)22(27(20)25-23)17-11-6-5-7-12-17/h5-9,11-14,22H,3-4,10,15H2,1-2H3/p+1/t22-/m1/s1. The summed E-state index contributed by atoms with van der Waals surface area (Å²) in [5.74, 6) is 0.785. The lowest BCUT2D eigenvalue weighted by Crippen LogP contribution is -2.60. The number of benzene rings is 2. The van der Waals surface area contributed by atoms with Crippen LogP contribution in [0.4, 0.5) is 5.69 Å². The lowest BCUT2D eigenvalue weighted by molar-refractivity contribution is -0.763. The number of para-hydroxylation sites is 1. The van der Waals surface area contributed by atoms with Crippen molar-refractivity contribution in [2.24, 2.45) is 0 Å². The second kappa shape index (κ2) is 8.83. The Balaban J connectivity index is 1.90. The number of rotatable bonds is 6. The minimum atomic E-state index is -0.522. The largest absolute Gasteiger partial charge is 0.325 e. The van der Waals surface area contributed by atoms with Crippen molar-refractivity contribution in [1.29, 1.82) is 0 Å². The van der Waals surface area contributed by atoms with E-state index < -0.39 is 6.17 Å². The highest BCUT2D eigenvalue weighted by molar-refractivity contribution is 7.99. The fourth-order valence-corrected chi connectivity index (χ4v) is 4.68. The van der Waals surface area contributed by atoms with Gasteiger partial charge in [0.1, 0.15) is 0 Å². The summed E-state index contributed by atoms with van der Waals surface area (Å²) >= 11 is 1.54. The molecule has 1 aliphatic heterocycles. The number of thioether (sulfide) groups is 1. The van der Waals surface area contributed by atoms with Crippen molar-refractivity contribution < 1.29 is 9.48 Å². The van der Waals surface area contributed by atoms with E-state index in [4.69, 9.17) is 5.10 Å². The first kappa shape index (κ1) is 20.3. The van der Waals surface area contributed by atoms with Crippen LogP contribution >= 0.6 is 11.8 Å². The number of aromatic amines is 1. The fraction of sp³-hybridized carbons (Fsp3) is 0.304. The summed E-state index contributed by atoms with van der Waals surface area (Å²) < 4.78 is 1.71. The molecule has 0 saturated heterocycles. The van der Waals surface area contributed by atoms with E-state index in [0.717, 1.165) is 36.3 Å². The van der Waals surface area contributed by atoms with Gasteiger partial charge in [-0.05, 0) is 23.2 Å². The van der Waals surface area contributed by atoms with Crippen LogP contribution in [0.15, 0.2) is 64.5 Å². The Morgan fingerprint density at radius 2 is 1.87 bits per heavy atom. The highest BCUT2D eigenvalue weighted by Gasteiger charge is 2.44. The minimum Gasteiger partial charge on any atom is -0.291 e. The van der Waals surface area contributed by atoms with Gasteiger partial charge in [0.2, 0.25) is 11.1 Å². The van der Waals surface area contributed by atoms with Crippen LogP contribution in [0, 0.1) is 0 Å². The fourth-order valence-electron chi connectivity index (χ4n) is 3.82. The molecule has 154 valence electrons. The number of aromatic nitrogens is 3. The lowest BCUT2D eigenvalue weighted by atomic mass is 10.0. The summed E-state index contributed by atoms with van der Waals surface area (Å²) in [5.41, 5.74) is 2.59. The molecule has 2 heterocycles. The number of unbranched alkanes of at least 4 members (excludes halogenated alkanes) is 2. The summed E-state index contributed by atoms with van der Waals surface area (Å²) in [6.45, 7) is 3.71. The van der Waals surface area contributed by atoms with E-state index in [1.54, 1.807) is 28.3 Å². The maximum Gasteiger partial charge on any atom is 0.325 e. The van der Waals surface area contributed by atoms with Crippen molar-refractivity contribution in [2.45, 2.75) is 44.4 Å². The molecule has 4 rings (SSSR count). The van der Waals surface area contributed by atoms with Crippen LogP contribution in [0.3, 0.4) is 0 Å². The molecule has 0 spiro atoms. The molecule has 0 saturated carbocycles. The van der Waals surface area contributed by atoms with Crippen LogP contribution in [0.25, 0.3) is 11.3 Å². The molecular weight excluding hydrogens is 396 g/mol. The van der Waals surface area contributed by atoms with E-state index in [1.807, 2.05) is 54.6 Å². The average Bonchev–Trinajstić information content (AvgIpc) is 2.76. The number of fused-ring (bicyclic) bond motifs is 3. The summed E-state index contributed by atoms with van der Waals surface area (Å²) in [6.07, 6.45) is 2.83. The highest BCUT2D eigenvalue weighted by atomic mass is 32.2. The van der Waals surface area contributed by atoms with Gasteiger partial charge in [-0.1, -0.05) is 74.0 Å². The van der Waals surface area contributed by atoms with Gasteiger partial charge in [-0.15, -0.1) is 0 Å². The topological polar surface area (TPSA) is 69.9 Å². The lowest BCUT2D eigenvalue weighted by Gasteiger charge is -2.31. The van der Waals surface area contributed by atoms with Crippen molar-refractivity contribution in [3.8, 4) is 11.3 Å². The first-order valence-electron chi connectivity index (χ1n) is 10.2. The van der Waals surface area contributed by atoms with Gasteiger partial charge >= 0.3 is 11.3 Å². The Morgan fingerprint density at radius 3 is 2.60 bits per heavy atom. The van der Waals surface area contributed by atoms with Crippen molar-refractivity contribution >= 4 is 23.4 Å². The molecule has 7 heteroatoms. The van der Waals surface area contributed by atoms with Crippen LogP contribution in [0.2, 0.25) is 0 Å². The number of anilines is 1. The quantitative estimate of drug-likeness (QED) is 0.372. The summed E-state index contributed by atoms with van der Waals surface area (Å²) in [6, 6.07) is 17.2. The Morgan fingerprint density at radius 1 is 1.13 bits per heavy atom. The molecule has 1 aromatic heterocycles. The smallest absolute Gasteiger partial charge is 0.291 e. The maximum absolute atomic E-state index is 13.2. The second-order valence-corrected chi connectivity index (χ2v) is 8.38. The van der Waals surface area contributed by atoms with Gasteiger partial charge in [-0.3, -0.25) is 14.6 Å². The number of carbonyl (C=O) groups is 1. The third-order valence-electron chi connectivity index (χ3n) is 5.18. The van der Waals surface area contributed by atoms with E-state index in [0.29, 0.717) is 16.4 Å². The second-order valence-electron chi connectivity index (χ2n) is 7.30. The first-order valence-corrected chi connectivity index (χ1v) is 11.2. The number of amides is 1. The number of hydrogen-bond acceptors (Lipinski definition) is 4. The number of H-pyrrole nitrogens is 1. The third-order valence-corrected chi connectivity index (χ3v) is 6.13. The predicted molar refractivity (Wildman–Crippen MR) is 118 cm³/mol. The Bertz CT molecular complexity index is 1110. The van der Waals surface area contributed by atoms with E-state index in [-0.39, 0.29) is 11.5 Å². The van der Waals surface area contributed by atoms with Crippen molar-refractivity contribution in [3.05, 3.63) is 70.5 Å². The van der Waals surface area contributed by atoms with Gasteiger partial charge < -0.3 is 0 Å². The number of carbonyl (C=O) groups excluding carboxylic acids is 1. The summed E-state index contributed by atoms with van der Waals surface area (Å²) in [7, 11) is 0. The maximum atomic E-state index is 13.2. The Labute approximate surface area is 180 Å². The number of hydrogen-bond donors (Lipinski definition) is 1. The Kier molecular flexibility index (Phi) is 5.99. The van der Waals surface area contributed by atoms with Crippen molar-refractivity contribution in [3.63, 3.8) is 0 Å². The van der Waals surface area contributed by atoms with E-state index in [1.165, 1.54) is 0 Å². The molecule has 1 amide bonds. The zero-order valence-electron chi connectivity index (χ0n) is 17.2. The molecule has 30 heavy (non-hydrogen) atoms. The SMILES string of the molecule is CCCCCSc1n[n+]2c(c(=O)[nH]1)-c1ccccc1N(C(C)=O)[C@H]2c1ccccc1. The molecule has 1 atom stereocenters. The number of nitrogens with zero attached hydrogens (tertiary/aromatic N) is 3. The number of nitrogens with one attached hydrogen (secondary N) is 1. The minimum absolute atomic E-state index is 0.103. The van der Waals surface area contributed by atoms with Crippen molar-refractivity contribution in [1.82, 2.24) is 10.1 Å². The zero-order chi connectivity index (χ0) is 21.1. The van der Waals surface area contributed by atoms with Gasteiger partial charge in [-0.2, -0.15) is 0 Å². The van der Waals surface area contributed by atoms with Gasteiger partial charge in [0.05, 0.1) is 11.3 Å². The third kappa shape index (κ3) is 3.77. The van der Waals surface area contributed by atoms with Gasteiger partial charge in [0.25, 0.3) is 6.17 Å². The van der Waals surface area contributed by atoms with E-state index >= 15 is 0 Å².